The lowest BCUT2D eigenvalue weighted by atomic mass is 10.0. The van der Waals surface area contributed by atoms with Gasteiger partial charge in [0.05, 0.1) is 0 Å². The van der Waals surface area contributed by atoms with Gasteiger partial charge in [-0.25, -0.2) is 0 Å². The van der Waals surface area contributed by atoms with E-state index in [1.165, 1.54) is 108 Å². The number of aliphatic carboxylic acids is 1. The lowest BCUT2D eigenvalue weighted by Crippen LogP contribution is -2.18. The molecule has 1 N–H and O–H groups in total. The highest BCUT2D eigenvalue weighted by Crippen LogP contribution is 2.17. The topological polar surface area (TPSA) is 40.5 Å². The standard InChI is InChI=1S/C28H49NO2/c1-3-4-5-6-7-8-9-10-11-12-13-14-15-16-17-18-25-29(2)27-22-19-26(20-23-27)21-24-28(30)31/h19-20,22-23H,3-18,21,24-25H2,1-2H3,(H,30,31). The molecule has 1 aromatic rings. The van der Waals surface area contributed by atoms with E-state index in [0.29, 0.717) is 6.42 Å². The summed E-state index contributed by atoms with van der Waals surface area (Å²) in [6, 6.07) is 8.35. The number of rotatable bonds is 21. The highest BCUT2D eigenvalue weighted by atomic mass is 16.4. The number of anilines is 1. The second-order valence-electron chi connectivity index (χ2n) is 9.29. The molecule has 0 aliphatic carbocycles. The Balaban J connectivity index is 1.90. The van der Waals surface area contributed by atoms with Crippen molar-refractivity contribution >= 4 is 11.7 Å². The molecule has 0 spiro atoms. The van der Waals surface area contributed by atoms with Gasteiger partial charge in [-0.05, 0) is 30.5 Å². The molecule has 0 heterocycles. The van der Waals surface area contributed by atoms with E-state index in [1.54, 1.807) is 0 Å². The molecule has 3 heteroatoms. The average molecular weight is 432 g/mol. The lowest BCUT2D eigenvalue weighted by Gasteiger charge is -2.19. The molecule has 0 unspecified atom stereocenters. The minimum atomic E-state index is -0.732. The number of aryl methyl sites for hydroxylation is 1. The van der Waals surface area contributed by atoms with Crippen LogP contribution in [0.3, 0.4) is 0 Å². The number of carboxylic acid groups (broad SMARTS) is 1. The first-order valence-electron chi connectivity index (χ1n) is 13.2. The average Bonchev–Trinajstić information content (AvgIpc) is 2.77. The molecule has 0 radical (unpaired) electrons. The summed E-state index contributed by atoms with van der Waals surface area (Å²) >= 11 is 0. The molecule has 0 aromatic heterocycles. The molecule has 0 amide bonds. The van der Waals surface area contributed by atoms with E-state index >= 15 is 0 Å². The molecule has 0 aliphatic rings. The quantitative estimate of drug-likeness (QED) is 0.199. The van der Waals surface area contributed by atoms with Crippen molar-refractivity contribution in [1.29, 1.82) is 0 Å². The molecule has 31 heavy (non-hydrogen) atoms. The van der Waals surface area contributed by atoms with Crippen LogP contribution in [0.25, 0.3) is 0 Å². The fourth-order valence-electron chi connectivity index (χ4n) is 4.19. The van der Waals surface area contributed by atoms with Crippen molar-refractivity contribution in [3.63, 3.8) is 0 Å². The summed E-state index contributed by atoms with van der Waals surface area (Å²) in [4.78, 5) is 13.0. The van der Waals surface area contributed by atoms with Crippen LogP contribution in [0.5, 0.6) is 0 Å². The first-order chi connectivity index (χ1) is 15.1. The molecule has 0 saturated carbocycles. The van der Waals surface area contributed by atoms with Crippen molar-refractivity contribution in [3.05, 3.63) is 29.8 Å². The van der Waals surface area contributed by atoms with Crippen LogP contribution < -0.4 is 4.90 Å². The maximum Gasteiger partial charge on any atom is 0.303 e. The van der Waals surface area contributed by atoms with Gasteiger partial charge in [-0.1, -0.05) is 115 Å². The van der Waals surface area contributed by atoms with Crippen LogP contribution >= 0.6 is 0 Å². The largest absolute Gasteiger partial charge is 0.481 e. The SMILES string of the molecule is CCCCCCCCCCCCCCCCCCN(C)c1ccc(CCC(=O)O)cc1. The maximum absolute atomic E-state index is 10.7. The summed E-state index contributed by atoms with van der Waals surface area (Å²) < 4.78 is 0. The number of hydrogen-bond donors (Lipinski definition) is 1. The van der Waals surface area contributed by atoms with E-state index < -0.39 is 5.97 Å². The molecule has 1 aromatic carbocycles. The van der Waals surface area contributed by atoms with Gasteiger partial charge in [0, 0.05) is 25.7 Å². The van der Waals surface area contributed by atoms with E-state index in [-0.39, 0.29) is 6.42 Å². The number of hydrogen-bond acceptors (Lipinski definition) is 2. The number of carboxylic acids is 1. The Labute approximate surface area is 192 Å². The Morgan fingerprint density at radius 1 is 0.710 bits per heavy atom. The molecule has 0 fully saturated rings. The van der Waals surface area contributed by atoms with Crippen molar-refractivity contribution in [2.45, 2.75) is 122 Å². The van der Waals surface area contributed by atoms with E-state index in [0.717, 1.165) is 12.1 Å². The molecule has 3 nitrogen and oxygen atoms in total. The second kappa shape index (κ2) is 19.2. The number of unbranched alkanes of at least 4 members (excludes halogenated alkanes) is 15. The highest BCUT2D eigenvalue weighted by molar-refractivity contribution is 5.67. The first kappa shape index (κ1) is 27.5. The van der Waals surface area contributed by atoms with Crippen LogP contribution in [0.1, 0.15) is 122 Å². The van der Waals surface area contributed by atoms with Crippen LogP contribution in [0.4, 0.5) is 5.69 Å². The molecule has 178 valence electrons. The Bertz CT molecular complexity index is 540. The number of carbonyl (C=O) groups is 1. The Morgan fingerprint density at radius 2 is 1.13 bits per heavy atom. The highest BCUT2D eigenvalue weighted by Gasteiger charge is 2.03. The smallest absolute Gasteiger partial charge is 0.303 e. The van der Waals surface area contributed by atoms with Gasteiger partial charge in [-0.15, -0.1) is 0 Å². The van der Waals surface area contributed by atoms with Crippen LogP contribution in [0.15, 0.2) is 24.3 Å². The summed E-state index contributed by atoms with van der Waals surface area (Å²) in [7, 11) is 2.15. The minimum Gasteiger partial charge on any atom is -0.481 e. The summed E-state index contributed by atoms with van der Waals surface area (Å²) in [6.45, 7) is 3.38. The second-order valence-corrected chi connectivity index (χ2v) is 9.29. The monoisotopic (exact) mass is 431 g/mol. The molecule has 0 bridgehead atoms. The van der Waals surface area contributed by atoms with Crippen molar-refractivity contribution in [2.75, 3.05) is 18.5 Å². The zero-order chi connectivity index (χ0) is 22.6. The van der Waals surface area contributed by atoms with Crippen LogP contribution in [0.2, 0.25) is 0 Å². The van der Waals surface area contributed by atoms with Gasteiger partial charge in [0.1, 0.15) is 0 Å². The van der Waals surface area contributed by atoms with Crippen LogP contribution in [0, 0.1) is 0 Å². The van der Waals surface area contributed by atoms with Crippen molar-refractivity contribution < 1.29 is 9.90 Å². The Morgan fingerprint density at radius 3 is 1.55 bits per heavy atom. The zero-order valence-corrected chi connectivity index (χ0v) is 20.5. The van der Waals surface area contributed by atoms with Crippen molar-refractivity contribution in [3.8, 4) is 0 Å². The van der Waals surface area contributed by atoms with E-state index in [1.807, 2.05) is 0 Å². The molecule has 1 rings (SSSR count). The number of nitrogens with zero attached hydrogens (tertiary/aromatic N) is 1. The van der Waals surface area contributed by atoms with Crippen LogP contribution in [-0.2, 0) is 11.2 Å². The van der Waals surface area contributed by atoms with Gasteiger partial charge in [-0.2, -0.15) is 0 Å². The third kappa shape index (κ3) is 15.9. The molecular formula is C28H49NO2. The van der Waals surface area contributed by atoms with E-state index in [4.69, 9.17) is 5.11 Å². The van der Waals surface area contributed by atoms with Gasteiger partial charge >= 0.3 is 5.97 Å². The van der Waals surface area contributed by atoms with E-state index in [9.17, 15) is 4.79 Å². The van der Waals surface area contributed by atoms with E-state index in [2.05, 4.69) is 43.1 Å². The van der Waals surface area contributed by atoms with Gasteiger partial charge in [0.2, 0.25) is 0 Å². The summed E-state index contributed by atoms with van der Waals surface area (Å²) in [5.41, 5.74) is 2.32. The minimum absolute atomic E-state index is 0.203. The summed E-state index contributed by atoms with van der Waals surface area (Å²) in [6.07, 6.45) is 23.3. The molecule has 0 saturated heterocycles. The van der Waals surface area contributed by atoms with Gasteiger partial charge in [0.25, 0.3) is 0 Å². The molecule has 0 aliphatic heterocycles. The fraction of sp³-hybridized carbons (Fsp3) is 0.750. The predicted octanol–water partition coefficient (Wildman–Crippen LogP) is 8.40. The first-order valence-corrected chi connectivity index (χ1v) is 13.2. The summed E-state index contributed by atoms with van der Waals surface area (Å²) in [5.74, 6) is -0.732. The van der Waals surface area contributed by atoms with Crippen LogP contribution in [-0.4, -0.2) is 24.7 Å². The zero-order valence-electron chi connectivity index (χ0n) is 20.5. The lowest BCUT2D eigenvalue weighted by molar-refractivity contribution is -0.136. The van der Waals surface area contributed by atoms with Crippen molar-refractivity contribution in [2.24, 2.45) is 0 Å². The Kier molecular flexibility index (Phi) is 17.0. The third-order valence-electron chi connectivity index (χ3n) is 6.35. The fourth-order valence-corrected chi connectivity index (χ4v) is 4.19. The number of benzene rings is 1. The Hall–Kier alpha value is -1.51. The predicted molar refractivity (Wildman–Crippen MR) is 135 cm³/mol. The van der Waals surface area contributed by atoms with Gasteiger partial charge in [-0.3, -0.25) is 4.79 Å². The third-order valence-corrected chi connectivity index (χ3v) is 6.35. The maximum atomic E-state index is 10.7. The van der Waals surface area contributed by atoms with Gasteiger partial charge in [0.15, 0.2) is 0 Å². The van der Waals surface area contributed by atoms with Crippen molar-refractivity contribution in [1.82, 2.24) is 0 Å². The van der Waals surface area contributed by atoms with Gasteiger partial charge < -0.3 is 10.0 Å². The summed E-state index contributed by atoms with van der Waals surface area (Å²) in [5, 5.41) is 8.78. The molecular weight excluding hydrogens is 382 g/mol. The molecule has 0 atom stereocenters. The normalized spacial score (nSPS) is 11.0.